The number of aliphatic hydroxyl groups is 1. The third-order valence-corrected chi connectivity index (χ3v) is 4.20. The monoisotopic (exact) mass is 293 g/mol. The van der Waals surface area contributed by atoms with Crippen LogP contribution in [-0.4, -0.2) is 41.3 Å². The second-order valence-electron chi connectivity index (χ2n) is 5.95. The number of fused-ring (bicyclic) bond motifs is 1. The smallest absolute Gasteiger partial charge is 0.126 e. The summed E-state index contributed by atoms with van der Waals surface area (Å²) in [5.74, 6) is 1.52. The molecule has 2 rings (SSSR count). The van der Waals surface area contributed by atoms with Crippen LogP contribution in [0.5, 0.6) is 11.5 Å². The zero-order chi connectivity index (χ0) is 15.6. The van der Waals surface area contributed by atoms with Gasteiger partial charge in [-0.3, -0.25) is 4.90 Å². The average molecular weight is 293 g/mol. The Hall–Kier alpha value is -1.26. The van der Waals surface area contributed by atoms with Gasteiger partial charge in [0.15, 0.2) is 0 Å². The van der Waals surface area contributed by atoms with E-state index in [0.717, 1.165) is 30.2 Å². The molecule has 1 heterocycles. The molecule has 0 amide bonds. The second kappa shape index (κ2) is 6.24. The molecular weight excluding hydrogens is 266 g/mol. The molecule has 0 aromatic heterocycles. The van der Waals surface area contributed by atoms with Gasteiger partial charge in [-0.25, -0.2) is 0 Å². The van der Waals surface area contributed by atoms with Gasteiger partial charge in [-0.2, -0.15) is 0 Å². The molecule has 1 aromatic rings. The van der Waals surface area contributed by atoms with Crippen molar-refractivity contribution in [2.45, 2.75) is 52.4 Å². The molecule has 1 aliphatic heterocycles. The van der Waals surface area contributed by atoms with Crippen molar-refractivity contribution in [3.8, 4) is 11.5 Å². The van der Waals surface area contributed by atoms with Crippen molar-refractivity contribution >= 4 is 0 Å². The van der Waals surface area contributed by atoms with Crippen molar-refractivity contribution in [1.82, 2.24) is 4.90 Å². The predicted octanol–water partition coefficient (Wildman–Crippen LogP) is 3.00. The van der Waals surface area contributed by atoms with Crippen LogP contribution in [-0.2, 0) is 0 Å². The molecule has 1 aliphatic rings. The number of benzene rings is 1. The zero-order valence-electron chi connectivity index (χ0n) is 13.7. The maximum Gasteiger partial charge on any atom is 0.126 e. The predicted molar refractivity (Wildman–Crippen MR) is 84.0 cm³/mol. The minimum Gasteiger partial charge on any atom is -0.494 e. The molecule has 0 radical (unpaired) electrons. The van der Waals surface area contributed by atoms with E-state index < -0.39 is 11.7 Å². The van der Waals surface area contributed by atoms with Crippen LogP contribution < -0.4 is 9.47 Å². The largest absolute Gasteiger partial charge is 0.494 e. The molecular formula is C17H27NO3. The molecule has 0 aliphatic carbocycles. The SMILES string of the molecule is CCOc1ccc2c(c1)C(O)C(N(CC)CC)C(C)(C)O2. The van der Waals surface area contributed by atoms with Gasteiger partial charge >= 0.3 is 0 Å². The van der Waals surface area contributed by atoms with E-state index >= 15 is 0 Å². The van der Waals surface area contributed by atoms with Gasteiger partial charge in [0.05, 0.1) is 12.6 Å². The minimum absolute atomic E-state index is 0.0723. The quantitative estimate of drug-likeness (QED) is 0.906. The molecule has 4 heteroatoms. The molecule has 0 saturated carbocycles. The lowest BCUT2D eigenvalue weighted by Gasteiger charge is -2.47. The van der Waals surface area contributed by atoms with Gasteiger partial charge in [-0.1, -0.05) is 13.8 Å². The Labute approximate surface area is 127 Å². The molecule has 4 nitrogen and oxygen atoms in total. The van der Waals surface area contributed by atoms with Gasteiger partial charge in [-0.15, -0.1) is 0 Å². The van der Waals surface area contributed by atoms with Crippen molar-refractivity contribution in [3.63, 3.8) is 0 Å². The molecule has 0 fully saturated rings. The summed E-state index contributed by atoms with van der Waals surface area (Å²) in [4.78, 5) is 2.25. The molecule has 2 unspecified atom stereocenters. The van der Waals surface area contributed by atoms with Crippen molar-refractivity contribution in [2.24, 2.45) is 0 Å². The summed E-state index contributed by atoms with van der Waals surface area (Å²) >= 11 is 0. The number of hydrogen-bond acceptors (Lipinski definition) is 4. The van der Waals surface area contributed by atoms with Gasteiger partial charge in [0.1, 0.15) is 23.2 Å². The minimum atomic E-state index is -0.580. The van der Waals surface area contributed by atoms with E-state index in [1.54, 1.807) is 0 Å². The normalized spacial score (nSPS) is 23.6. The van der Waals surface area contributed by atoms with Gasteiger partial charge in [0, 0.05) is 5.56 Å². The lowest BCUT2D eigenvalue weighted by molar-refractivity contribution is -0.0800. The number of nitrogens with zero attached hydrogens (tertiary/aromatic N) is 1. The van der Waals surface area contributed by atoms with Crippen molar-refractivity contribution < 1.29 is 14.6 Å². The lowest BCUT2D eigenvalue weighted by Crippen LogP contribution is -2.57. The summed E-state index contributed by atoms with van der Waals surface area (Å²) in [5.41, 5.74) is 0.378. The molecule has 0 spiro atoms. The fourth-order valence-electron chi connectivity index (χ4n) is 3.26. The third-order valence-electron chi connectivity index (χ3n) is 4.20. The van der Waals surface area contributed by atoms with Crippen molar-refractivity contribution in [1.29, 1.82) is 0 Å². The number of hydrogen-bond donors (Lipinski definition) is 1. The fourth-order valence-corrected chi connectivity index (χ4v) is 3.26. The summed E-state index contributed by atoms with van der Waals surface area (Å²) < 4.78 is 11.7. The van der Waals surface area contributed by atoms with Crippen LogP contribution >= 0.6 is 0 Å². The fraction of sp³-hybridized carbons (Fsp3) is 0.647. The molecule has 21 heavy (non-hydrogen) atoms. The van der Waals surface area contributed by atoms with Crippen LogP contribution in [0.1, 0.15) is 46.3 Å². The van der Waals surface area contributed by atoms with Gasteiger partial charge in [0.2, 0.25) is 0 Å². The zero-order valence-corrected chi connectivity index (χ0v) is 13.7. The highest BCUT2D eigenvalue weighted by molar-refractivity contribution is 5.44. The Morgan fingerprint density at radius 2 is 1.90 bits per heavy atom. The van der Waals surface area contributed by atoms with Crippen LogP contribution in [0.3, 0.4) is 0 Å². The van der Waals surface area contributed by atoms with Crippen LogP contribution in [0.4, 0.5) is 0 Å². The second-order valence-corrected chi connectivity index (χ2v) is 5.95. The highest BCUT2D eigenvalue weighted by atomic mass is 16.5. The Balaban J connectivity index is 2.41. The van der Waals surface area contributed by atoms with E-state index in [-0.39, 0.29) is 6.04 Å². The molecule has 1 N–H and O–H groups in total. The van der Waals surface area contributed by atoms with Crippen molar-refractivity contribution in [2.75, 3.05) is 19.7 Å². The first-order chi connectivity index (χ1) is 9.94. The molecule has 1 aromatic carbocycles. The van der Waals surface area contributed by atoms with Gasteiger partial charge in [0.25, 0.3) is 0 Å². The summed E-state index contributed by atoms with van der Waals surface area (Å²) in [6.45, 7) is 12.6. The summed E-state index contributed by atoms with van der Waals surface area (Å²) in [7, 11) is 0. The average Bonchev–Trinajstić information content (AvgIpc) is 2.44. The Morgan fingerprint density at radius 1 is 1.24 bits per heavy atom. The Morgan fingerprint density at radius 3 is 2.48 bits per heavy atom. The van der Waals surface area contributed by atoms with Crippen LogP contribution in [0, 0.1) is 0 Å². The first-order valence-electron chi connectivity index (χ1n) is 7.82. The summed E-state index contributed by atoms with van der Waals surface area (Å²) in [6, 6.07) is 5.61. The van der Waals surface area contributed by atoms with E-state index in [2.05, 4.69) is 18.7 Å². The Bertz CT molecular complexity index is 483. The van der Waals surface area contributed by atoms with Gasteiger partial charge in [-0.05, 0) is 52.1 Å². The number of likely N-dealkylation sites (N-methyl/N-ethyl adjacent to an activating group) is 1. The first kappa shape index (κ1) is 16.1. The number of aliphatic hydroxyl groups excluding tert-OH is 1. The van der Waals surface area contributed by atoms with E-state index in [0.29, 0.717) is 6.61 Å². The van der Waals surface area contributed by atoms with E-state index in [9.17, 15) is 5.11 Å². The van der Waals surface area contributed by atoms with Crippen LogP contribution in [0.15, 0.2) is 18.2 Å². The first-order valence-corrected chi connectivity index (χ1v) is 7.82. The van der Waals surface area contributed by atoms with E-state index in [4.69, 9.17) is 9.47 Å². The maximum atomic E-state index is 10.9. The summed E-state index contributed by atoms with van der Waals surface area (Å²) in [6.07, 6.45) is -0.580. The van der Waals surface area contributed by atoms with Crippen LogP contribution in [0.2, 0.25) is 0 Å². The lowest BCUT2D eigenvalue weighted by atomic mass is 9.84. The molecule has 0 bridgehead atoms. The molecule has 2 atom stereocenters. The topological polar surface area (TPSA) is 41.9 Å². The Kier molecular flexibility index (Phi) is 4.79. The maximum absolute atomic E-state index is 10.9. The van der Waals surface area contributed by atoms with Crippen molar-refractivity contribution in [3.05, 3.63) is 23.8 Å². The molecule has 0 saturated heterocycles. The van der Waals surface area contributed by atoms with Gasteiger partial charge < -0.3 is 14.6 Å². The summed E-state index contributed by atoms with van der Waals surface area (Å²) in [5, 5.41) is 10.9. The highest BCUT2D eigenvalue weighted by Gasteiger charge is 2.45. The number of rotatable bonds is 5. The highest BCUT2D eigenvalue weighted by Crippen LogP contribution is 2.43. The standard InChI is InChI=1S/C17H27NO3/c1-6-18(7-2)16-15(19)13-11-12(20-8-3)9-10-14(13)21-17(16,4)5/h9-11,15-16,19H,6-8H2,1-5H3. The third kappa shape index (κ3) is 3.01. The molecule has 118 valence electrons. The van der Waals surface area contributed by atoms with E-state index in [1.165, 1.54) is 0 Å². The van der Waals surface area contributed by atoms with Crippen LogP contribution in [0.25, 0.3) is 0 Å². The van der Waals surface area contributed by atoms with E-state index in [1.807, 2.05) is 39.0 Å². The number of ether oxygens (including phenoxy) is 2.